The molecule has 3 rings (SSSR count). The van der Waals surface area contributed by atoms with Crippen LogP contribution in [-0.4, -0.2) is 5.78 Å². The number of carbonyl (C=O) groups excluding carboxylic acids is 1. The van der Waals surface area contributed by atoms with Gasteiger partial charge in [-0.3, -0.25) is 4.79 Å². The Bertz CT molecular complexity index is 826. The number of hydrogen-bond donors (Lipinski definition) is 0. The summed E-state index contributed by atoms with van der Waals surface area (Å²) >= 11 is 4.28. The lowest BCUT2D eigenvalue weighted by Gasteiger charge is -2.01. The minimum atomic E-state index is -0.582. The molecule has 0 N–H and O–H groups in total. The number of ketones is 1. The van der Waals surface area contributed by atoms with E-state index in [-0.39, 0.29) is 15.9 Å². The fraction of sp³-hybridized carbons (Fsp3) is 0. The molecule has 0 atom stereocenters. The van der Waals surface area contributed by atoms with E-state index in [0.717, 1.165) is 4.70 Å². The van der Waals surface area contributed by atoms with Crippen molar-refractivity contribution in [2.45, 2.75) is 0 Å². The Labute approximate surface area is 126 Å². The zero-order chi connectivity index (χ0) is 14.3. The Morgan fingerprint density at radius 2 is 1.90 bits per heavy atom. The van der Waals surface area contributed by atoms with Gasteiger partial charge in [-0.05, 0) is 57.7 Å². The highest BCUT2D eigenvalue weighted by Gasteiger charge is 2.18. The number of carbonyl (C=O) groups is 1. The first-order valence-corrected chi connectivity index (χ1v) is 7.35. The Morgan fingerprint density at radius 3 is 2.70 bits per heavy atom. The van der Waals surface area contributed by atoms with Crippen molar-refractivity contribution in [3.8, 4) is 0 Å². The van der Waals surface area contributed by atoms with E-state index in [1.54, 1.807) is 18.2 Å². The lowest BCUT2D eigenvalue weighted by molar-refractivity contribution is 0.103. The maximum absolute atomic E-state index is 13.9. The van der Waals surface area contributed by atoms with Crippen LogP contribution >= 0.6 is 27.3 Å². The molecule has 0 aliphatic rings. The molecular weight excluding hydrogens is 346 g/mol. The van der Waals surface area contributed by atoms with Gasteiger partial charge >= 0.3 is 0 Å². The first-order valence-electron chi connectivity index (χ1n) is 5.74. The van der Waals surface area contributed by atoms with Crippen molar-refractivity contribution >= 4 is 43.1 Å². The Morgan fingerprint density at radius 1 is 1.10 bits per heavy atom. The van der Waals surface area contributed by atoms with E-state index in [4.69, 9.17) is 0 Å². The van der Waals surface area contributed by atoms with Crippen molar-refractivity contribution < 1.29 is 13.6 Å². The molecule has 1 nitrogen and oxygen atoms in total. The van der Waals surface area contributed by atoms with Crippen LogP contribution in [0.2, 0.25) is 0 Å². The average Bonchev–Trinajstić information content (AvgIpc) is 2.84. The van der Waals surface area contributed by atoms with Crippen molar-refractivity contribution in [1.29, 1.82) is 0 Å². The van der Waals surface area contributed by atoms with Crippen molar-refractivity contribution in [2.75, 3.05) is 0 Å². The van der Waals surface area contributed by atoms with Gasteiger partial charge in [-0.15, -0.1) is 11.3 Å². The lowest BCUT2D eigenvalue weighted by atomic mass is 10.1. The second kappa shape index (κ2) is 5.07. The molecule has 2 aromatic carbocycles. The predicted molar refractivity (Wildman–Crippen MR) is 79.3 cm³/mol. The SMILES string of the molecule is O=C(c1cc2cc(F)ccc2s1)c1cccc(Br)c1F. The summed E-state index contributed by atoms with van der Waals surface area (Å²) in [5, 5.41) is 0.647. The molecule has 0 amide bonds. The van der Waals surface area contributed by atoms with Crippen LogP contribution in [-0.2, 0) is 0 Å². The van der Waals surface area contributed by atoms with E-state index in [1.165, 1.54) is 35.6 Å². The summed E-state index contributed by atoms with van der Waals surface area (Å²) in [6.45, 7) is 0. The molecule has 0 saturated heterocycles. The molecule has 0 aliphatic heterocycles. The van der Waals surface area contributed by atoms with E-state index >= 15 is 0 Å². The van der Waals surface area contributed by atoms with Gasteiger partial charge in [-0.1, -0.05) is 6.07 Å². The second-order valence-corrected chi connectivity index (χ2v) is 6.16. The number of rotatable bonds is 2. The quantitative estimate of drug-likeness (QED) is 0.581. The highest BCUT2D eigenvalue weighted by molar-refractivity contribution is 9.10. The molecule has 3 aromatic rings. The number of halogens is 3. The highest BCUT2D eigenvalue weighted by atomic mass is 79.9. The highest BCUT2D eigenvalue weighted by Crippen LogP contribution is 2.29. The van der Waals surface area contributed by atoms with E-state index < -0.39 is 11.6 Å². The Hall–Kier alpha value is -1.59. The molecule has 1 aromatic heterocycles. The molecule has 5 heteroatoms. The smallest absolute Gasteiger partial charge is 0.205 e. The van der Waals surface area contributed by atoms with E-state index in [0.29, 0.717) is 10.3 Å². The molecule has 0 fully saturated rings. The van der Waals surface area contributed by atoms with Crippen LogP contribution in [0.25, 0.3) is 10.1 Å². The standard InChI is InChI=1S/C15H7BrF2OS/c16-11-3-1-2-10(14(11)18)15(19)13-7-8-6-9(17)4-5-12(8)20-13/h1-7H. The van der Waals surface area contributed by atoms with E-state index in [1.807, 2.05) is 0 Å². The first-order chi connectivity index (χ1) is 9.56. The van der Waals surface area contributed by atoms with Crippen LogP contribution in [0.1, 0.15) is 15.2 Å². The first kappa shape index (κ1) is 13.4. The van der Waals surface area contributed by atoms with Gasteiger partial charge < -0.3 is 0 Å². The minimum Gasteiger partial charge on any atom is -0.288 e. The molecule has 0 radical (unpaired) electrons. The molecule has 0 aliphatic carbocycles. The van der Waals surface area contributed by atoms with Gasteiger partial charge in [0.2, 0.25) is 5.78 Å². The minimum absolute atomic E-state index is 0.00593. The predicted octanol–water partition coefficient (Wildman–Crippen LogP) is 5.17. The van der Waals surface area contributed by atoms with E-state index in [2.05, 4.69) is 15.9 Å². The van der Waals surface area contributed by atoms with Crippen LogP contribution in [0, 0.1) is 11.6 Å². The third-order valence-corrected chi connectivity index (χ3v) is 4.63. The lowest BCUT2D eigenvalue weighted by Crippen LogP contribution is -2.02. The summed E-state index contributed by atoms with van der Waals surface area (Å²) in [6, 6.07) is 10.5. The summed E-state index contributed by atoms with van der Waals surface area (Å²) in [6.07, 6.45) is 0. The van der Waals surface area contributed by atoms with Gasteiger partial charge in [0.25, 0.3) is 0 Å². The van der Waals surface area contributed by atoms with Crippen molar-refractivity contribution in [3.63, 3.8) is 0 Å². The van der Waals surface area contributed by atoms with E-state index in [9.17, 15) is 13.6 Å². The van der Waals surface area contributed by atoms with Gasteiger partial charge in [0.05, 0.1) is 14.9 Å². The Balaban J connectivity index is 2.10. The number of benzene rings is 2. The summed E-state index contributed by atoms with van der Waals surface area (Å²) in [5.41, 5.74) is 0.00593. The summed E-state index contributed by atoms with van der Waals surface area (Å²) < 4.78 is 28.1. The molecular formula is C15H7BrF2OS. The van der Waals surface area contributed by atoms with Crippen molar-refractivity contribution in [3.05, 3.63) is 69.0 Å². The number of thiophene rings is 1. The third kappa shape index (κ3) is 2.27. The number of fused-ring (bicyclic) bond motifs is 1. The molecule has 1 heterocycles. The van der Waals surface area contributed by atoms with Gasteiger partial charge in [0.15, 0.2) is 0 Å². The fourth-order valence-corrected chi connectivity index (χ4v) is 3.30. The Kier molecular flexibility index (Phi) is 3.40. The van der Waals surface area contributed by atoms with Crippen LogP contribution in [0.4, 0.5) is 8.78 Å². The summed E-state index contributed by atoms with van der Waals surface area (Å²) in [7, 11) is 0. The van der Waals surface area contributed by atoms with Crippen LogP contribution < -0.4 is 0 Å². The molecule has 0 spiro atoms. The molecule has 0 bridgehead atoms. The van der Waals surface area contributed by atoms with Crippen LogP contribution in [0.5, 0.6) is 0 Å². The topological polar surface area (TPSA) is 17.1 Å². The molecule has 20 heavy (non-hydrogen) atoms. The summed E-state index contributed by atoms with van der Waals surface area (Å²) in [4.78, 5) is 12.7. The van der Waals surface area contributed by atoms with Crippen LogP contribution in [0.3, 0.4) is 0 Å². The molecule has 0 saturated carbocycles. The van der Waals surface area contributed by atoms with Crippen LogP contribution in [0.15, 0.2) is 46.9 Å². The van der Waals surface area contributed by atoms with Crippen molar-refractivity contribution in [2.24, 2.45) is 0 Å². The maximum Gasteiger partial charge on any atom is 0.205 e. The summed E-state index contributed by atoms with van der Waals surface area (Å²) in [5.74, 6) is -1.34. The van der Waals surface area contributed by atoms with Gasteiger partial charge in [-0.25, -0.2) is 8.78 Å². The normalized spacial score (nSPS) is 10.9. The van der Waals surface area contributed by atoms with Gasteiger partial charge in [0.1, 0.15) is 11.6 Å². The van der Waals surface area contributed by atoms with Crippen molar-refractivity contribution in [1.82, 2.24) is 0 Å². The fourth-order valence-electron chi connectivity index (χ4n) is 1.94. The average molecular weight is 353 g/mol. The molecule has 0 unspecified atom stereocenters. The maximum atomic E-state index is 13.9. The zero-order valence-electron chi connectivity index (χ0n) is 9.99. The van der Waals surface area contributed by atoms with Gasteiger partial charge in [-0.2, -0.15) is 0 Å². The molecule has 100 valence electrons. The second-order valence-electron chi connectivity index (χ2n) is 4.22. The monoisotopic (exact) mass is 352 g/mol. The number of hydrogen-bond acceptors (Lipinski definition) is 2. The zero-order valence-corrected chi connectivity index (χ0v) is 12.4. The largest absolute Gasteiger partial charge is 0.288 e. The van der Waals surface area contributed by atoms with Gasteiger partial charge in [0, 0.05) is 4.70 Å². The third-order valence-electron chi connectivity index (χ3n) is 2.90.